The maximum atomic E-state index is 12.0. The first kappa shape index (κ1) is 16.3. The average Bonchev–Trinajstić information content (AvgIpc) is 2.97. The van der Waals surface area contributed by atoms with E-state index in [2.05, 4.69) is 0 Å². The minimum atomic E-state index is -0.804. The lowest BCUT2D eigenvalue weighted by molar-refractivity contribution is -0.141. The first-order valence-electron chi connectivity index (χ1n) is 7.76. The largest absolute Gasteiger partial charge is 0.494 e. The molecule has 1 aliphatic rings. The number of carbonyl (C=O) groups is 2. The number of rotatable bonds is 7. The zero-order valence-corrected chi connectivity index (χ0v) is 13.0. The van der Waals surface area contributed by atoms with Gasteiger partial charge in [-0.2, -0.15) is 0 Å². The standard InChI is InChI=1S/C17H23NO4/c1-13-5-4-6-15(11-13)22-10-3-2-7-16(19)18-9-8-14(12-18)17(20)21/h4-6,11,14H,2-3,7-10,12H2,1H3,(H,20,21)/t14-/m0/s1. The molecule has 5 nitrogen and oxygen atoms in total. The maximum absolute atomic E-state index is 12.0. The van der Waals surface area contributed by atoms with Crippen molar-refractivity contribution in [2.75, 3.05) is 19.7 Å². The number of likely N-dealkylation sites (tertiary alicyclic amines) is 1. The lowest BCUT2D eigenvalue weighted by atomic mass is 10.1. The summed E-state index contributed by atoms with van der Waals surface area (Å²) in [4.78, 5) is 24.5. The quantitative estimate of drug-likeness (QED) is 0.786. The summed E-state index contributed by atoms with van der Waals surface area (Å²) in [5.41, 5.74) is 1.16. The summed E-state index contributed by atoms with van der Waals surface area (Å²) in [5.74, 6) is -0.287. The summed E-state index contributed by atoms with van der Waals surface area (Å²) >= 11 is 0. The summed E-state index contributed by atoms with van der Waals surface area (Å²) in [6, 6.07) is 7.89. The zero-order chi connectivity index (χ0) is 15.9. The number of nitrogens with zero attached hydrogens (tertiary/aromatic N) is 1. The van der Waals surface area contributed by atoms with Crippen LogP contribution in [0.4, 0.5) is 0 Å². The fourth-order valence-corrected chi connectivity index (χ4v) is 2.62. The molecule has 22 heavy (non-hydrogen) atoms. The third-order valence-electron chi connectivity index (χ3n) is 3.93. The van der Waals surface area contributed by atoms with Crippen molar-refractivity contribution >= 4 is 11.9 Å². The highest BCUT2D eigenvalue weighted by atomic mass is 16.5. The molecule has 0 aromatic heterocycles. The van der Waals surface area contributed by atoms with Gasteiger partial charge in [-0.1, -0.05) is 12.1 Å². The number of hydrogen-bond donors (Lipinski definition) is 1. The van der Waals surface area contributed by atoms with E-state index in [9.17, 15) is 9.59 Å². The molecule has 1 saturated heterocycles. The van der Waals surface area contributed by atoms with Crippen molar-refractivity contribution in [3.05, 3.63) is 29.8 Å². The first-order valence-corrected chi connectivity index (χ1v) is 7.76. The maximum Gasteiger partial charge on any atom is 0.308 e. The minimum absolute atomic E-state index is 0.0549. The molecule has 1 aromatic rings. The molecule has 1 heterocycles. The molecule has 5 heteroatoms. The number of aliphatic carboxylic acids is 1. The van der Waals surface area contributed by atoms with E-state index in [0.29, 0.717) is 32.5 Å². The number of amides is 1. The number of aryl methyl sites for hydroxylation is 1. The van der Waals surface area contributed by atoms with Crippen LogP contribution in [0.25, 0.3) is 0 Å². The molecule has 0 spiro atoms. The molecular formula is C17H23NO4. The van der Waals surface area contributed by atoms with E-state index in [0.717, 1.165) is 24.2 Å². The molecule has 1 atom stereocenters. The summed E-state index contributed by atoms with van der Waals surface area (Å²) < 4.78 is 5.64. The van der Waals surface area contributed by atoms with Gasteiger partial charge in [0.25, 0.3) is 0 Å². The minimum Gasteiger partial charge on any atom is -0.494 e. The molecule has 0 saturated carbocycles. The van der Waals surface area contributed by atoms with Crippen LogP contribution in [-0.2, 0) is 9.59 Å². The van der Waals surface area contributed by atoms with Crippen LogP contribution in [0.2, 0.25) is 0 Å². The van der Waals surface area contributed by atoms with Gasteiger partial charge in [0.1, 0.15) is 5.75 Å². The van der Waals surface area contributed by atoms with Crippen LogP contribution < -0.4 is 4.74 Å². The Hall–Kier alpha value is -2.04. The number of carboxylic acid groups (broad SMARTS) is 1. The van der Waals surface area contributed by atoms with E-state index >= 15 is 0 Å². The van der Waals surface area contributed by atoms with E-state index < -0.39 is 11.9 Å². The average molecular weight is 305 g/mol. The van der Waals surface area contributed by atoms with Gasteiger partial charge in [-0.25, -0.2) is 0 Å². The molecular weight excluding hydrogens is 282 g/mol. The van der Waals surface area contributed by atoms with Crippen LogP contribution in [-0.4, -0.2) is 41.6 Å². The van der Waals surface area contributed by atoms with E-state index in [4.69, 9.17) is 9.84 Å². The summed E-state index contributed by atoms with van der Waals surface area (Å²) in [5, 5.41) is 8.93. The lowest BCUT2D eigenvalue weighted by Gasteiger charge is -2.15. The number of hydrogen-bond acceptors (Lipinski definition) is 3. The first-order chi connectivity index (χ1) is 10.6. The van der Waals surface area contributed by atoms with Gasteiger partial charge < -0.3 is 14.7 Å². The Kier molecular flexibility index (Phi) is 5.81. The molecule has 0 bridgehead atoms. The number of benzene rings is 1. The normalized spacial score (nSPS) is 17.5. The van der Waals surface area contributed by atoms with E-state index in [-0.39, 0.29) is 5.91 Å². The van der Waals surface area contributed by atoms with Gasteiger partial charge in [0.2, 0.25) is 5.91 Å². The Morgan fingerprint density at radius 2 is 2.18 bits per heavy atom. The SMILES string of the molecule is Cc1cccc(OCCCCC(=O)N2CC[C@H](C(=O)O)C2)c1. The monoisotopic (exact) mass is 305 g/mol. The molecule has 1 aliphatic heterocycles. The van der Waals surface area contributed by atoms with Gasteiger partial charge in [0, 0.05) is 19.5 Å². The molecule has 120 valence electrons. The Morgan fingerprint density at radius 3 is 2.86 bits per heavy atom. The molecule has 2 rings (SSSR count). The van der Waals surface area contributed by atoms with Crippen LogP contribution in [0.5, 0.6) is 5.75 Å². The Morgan fingerprint density at radius 1 is 1.36 bits per heavy atom. The summed E-state index contributed by atoms with van der Waals surface area (Å²) in [6.07, 6.45) is 2.61. The predicted octanol–water partition coefficient (Wildman–Crippen LogP) is 2.48. The summed E-state index contributed by atoms with van der Waals surface area (Å²) in [6.45, 7) is 3.53. The van der Waals surface area contributed by atoms with Crippen LogP contribution in [0.3, 0.4) is 0 Å². The molecule has 1 fully saturated rings. The molecule has 0 radical (unpaired) electrons. The molecule has 1 amide bonds. The van der Waals surface area contributed by atoms with Crippen LogP contribution >= 0.6 is 0 Å². The Labute approximate surface area is 130 Å². The fraction of sp³-hybridized carbons (Fsp3) is 0.529. The fourth-order valence-electron chi connectivity index (χ4n) is 2.62. The van der Waals surface area contributed by atoms with Crippen molar-refractivity contribution < 1.29 is 19.4 Å². The second-order valence-electron chi connectivity index (χ2n) is 5.79. The molecule has 1 N–H and O–H groups in total. The highest BCUT2D eigenvalue weighted by molar-refractivity contribution is 5.78. The second-order valence-corrected chi connectivity index (χ2v) is 5.79. The second kappa shape index (κ2) is 7.82. The van der Waals surface area contributed by atoms with Crippen molar-refractivity contribution in [3.8, 4) is 5.75 Å². The van der Waals surface area contributed by atoms with E-state index in [1.165, 1.54) is 0 Å². The molecule has 1 aromatic carbocycles. The predicted molar refractivity (Wildman–Crippen MR) is 82.8 cm³/mol. The van der Waals surface area contributed by atoms with Gasteiger partial charge in [0.05, 0.1) is 12.5 Å². The lowest BCUT2D eigenvalue weighted by Crippen LogP contribution is -2.29. The number of carboxylic acids is 1. The van der Waals surface area contributed by atoms with Crippen molar-refractivity contribution in [2.45, 2.75) is 32.6 Å². The molecule has 0 aliphatic carbocycles. The van der Waals surface area contributed by atoms with Crippen LogP contribution in [0, 0.1) is 12.8 Å². The Balaban J connectivity index is 1.61. The third-order valence-corrected chi connectivity index (χ3v) is 3.93. The van der Waals surface area contributed by atoms with Crippen LogP contribution in [0.1, 0.15) is 31.2 Å². The smallest absolute Gasteiger partial charge is 0.308 e. The number of carbonyl (C=O) groups excluding carboxylic acids is 1. The zero-order valence-electron chi connectivity index (χ0n) is 13.0. The van der Waals surface area contributed by atoms with Gasteiger partial charge in [-0.3, -0.25) is 9.59 Å². The van der Waals surface area contributed by atoms with Gasteiger partial charge >= 0.3 is 5.97 Å². The van der Waals surface area contributed by atoms with Gasteiger partial charge in [-0.15, -0.1) is 0 Å². The number of unbranched alkanes of at least 4 members (excludes halogenated alkanes) is 1. The summed E-state index contributed by atoms with van der Waals surface area (Å²) in [7, 11) is 0. The van der Waals surface area contributed by atoms with Crippen molar-refractivity contribution in [3.63, 3.8) is 0 Å². The van der Waals surface area contributed by atoms with E-state index in [1.54, 1.807) is 4.90 Å². The topological polar surface area (TPSA) is 66.8 Å². The van der Waals surface area contributed by atoms with Gasteiger partial charge in [0.15, 0.2) is 0 Å². The van der Waals surface area contributed by atoms with E-state index in [1.807, 2.05) is 31.2 Å². The Bertz CT molecular complexity index is 529. The van der Waals surface area contributed by atoms with Crippen molar-refractivity contribution in [2.24, 2.45) is 5.92 Å². The van der Waals surface area contributed by atoms with Gasteiger partial charge in [-0.05, 0) is 43.9 Å². The highest BCUT2D eigenvalue weighted by Gasteiger charge is 2.30. The number of ether oxygens (including phenoxy) is 1. The van der Waals surface area contributed by atoms with Crippen LogP contribution in [0.15, 0.2) is 24.3 Å². The van der Waals surface area contributed by atoms with Crippen molar-refractivity contribution in [1.82, 2.24) is 4.90 Å². The molecule has 0 unspecified atom stereocenters. The highest BCUT2D eigenvalue weighted by Crippen LogP contribution is 2.18. The van der Waals surface area contributed by atoms with Crippen molar-refractivity contribution in [1.29, 1.82) is 0 Å². The third kappa shape index (κ3) is 4.76.